The van der Waals surface area contributed by atoms with E-state index in [1.165, 1.54) is 38.5 Å². The number of anilines is 1. The summed E-state index contributed by atoms with van der Waals surface area (Å²) in [6.07, 6.45) is 0.0404. The number of hydrogen-bond donors (Lipinski definition) is 1. The number of nitrogens with one attached hydrogen (secondary N) is 1. The van der Waals surface area contributed by atoms with Gasteiger partial charge < -0.3 is 14.8 Å². The maximum atomic E-state index is 13.1. The maximum absolute atomic E-state index is 13.1. The molecule has 0 aliphatic carbocycles. The summed E-state index contributed by atoms with van der Waals surface area (Å²) in [6, 6.07) is 7.75. The molecule has 8 nitrogen and oxygen atoms in total. The first-order valence-electron chi connectivity index (χ1n) is 9.05. The summed E-state index contributed by atoms with van der Waals surface area (Å²) in [5, 5.41) is 2.91. The molecule has 0 radical (unpaired) electrons. The lowest BCUT2D eigenvalue weighted by Crippen LogP contribution is -2.45. The first-order valence-corrected chi connectivity index (χ1v) is 10.9. The van der Waals surface area contributed by atoms with E-state index in [0.717, 1.165) is 0 Å². The van der Waals surface area contributed by atoms with Crippen molar-refractivity contribution in [3.63, 3.8) is 0 Å². The van der Waals surface area contributed by atoms with Crippen LogP contribution in [0.4, 0.5) is 5.69 Å². The summed E-state index contributed by atoms with van der Waals surface area (Å²) in [6.45, 7) is 1.70. The van der Waals surface area contributed by atoms with Gasteiger partial charge in [0.15, 0.2) is 0 Å². The van der Waals surface area contributed by atoms with Crippen LogP contribution in [0.25, 0.3) is 0 Å². The Bertz CT molecular complexity index is 1100. The van der Waals surface area contributed by atoms with Gasteiger partial charge in [0, 0.05) is 12.1 Å². The van der Waals surface area contributed by atoms with Gasteiger partial charge in [0.1, 0.15) is 17.5 Å². The van der Waals surface area contributed by atoms with Gasteiger partial charge in [0.2, 0.25) is 11.8 Å². The number of carbonyl (C=O) groups is 2. The van der Waals surface area contributed by atoms with Gasteiger partial charge in [-0.15, -0.1) is 0 Å². The van der Waals surface area contributed by atoms with Crippen molar-refractivity contribution in [2.75, 3.05) is 19.5 Å². The average Bonchev–Trinajstić information content (AvgIpc) is 3.10. The summed E-state index contributed by atoms with van der Waals surface area (Å²) < 4.78 is 37.2. The standard InChI is InChI=1S/C20H21ClN2O6S/c1-12-10-14(5-8-17(12)28-2)30(26,27)23-16(6-9-19(23)24)20(25)22-13-4-7-18(29-3)15(21)11-13/h4-5,7-8,10-11,16H,6,9H2,1-3H3,(H,22,25)/t16-/m1/s1. The number of halogens is 1. The maximum Gasteiger partial charge on any atom is 0.267 e. The Morgan fingerprint density at radius 3 is 2.40 bits per heavy atom. The Labute approximate surface area is 179 Å². The average molecular weight is 453 g/mol. The predicted octanol–water partition coefficient (Wildman–Crippen LogP) is 2.98. The number of ether oxygens (including phenoxy) is 2. The van der Waals surface area contributed by atoms with Gasteiger partial charge in [-0.1, -0.05) is 11.6 Å². The van der Waals surface area contributed by atoms with Crippen LogP contribution in [-0.2, 0) is 19.6 Å². The quantitative estimate of drug-likeness (QED) is 0.722. The zero-order valence-corrected chi connectivity index (χ0v) is 18.2. The highest BCUT2D eigenvalue weighted by atomic mass is 35.5. The molecule has 2 aromatic carbocycles. The third-order valence-electron chi connectivity index (χ3n) is 4.81. The smallest absolute Gasteiger partial charge is 0.267 e. The highest BCUT2D eigenvalue weighted by molar-refractivity contribution is 7.89. The monoisotopic (exact) mass is 452 g/mol. The van der Waals surface area contributed by atoms with Crippen LogP contribution < -0.4 is 14.8 Å². The number of methoxy groups -OCH3 is 2. The van der Waals surface area contributed by atoms with Crippen LogP contribution in [0.15, 0.2) is 41.3 Å². The third kappa shape index (κ3) is 4.08. The molecular formula is C20H21ClN2O6S. The Morgan fingerprint density at radius 2 is 1.80 bits per heavy atom. The molecule has 2 amide bonds. The molecule has 1 aliphatic heterocycles. The minimum absolute atomic E-state index is 0.0458. The van der Waals surface area contributed by atoms with E-state index in [-0.39, 0.29) is 22.8 Å². The second-order valence-corrected chi connectivity index (χ2v) is 8.94. The van der Waals surface area contributed by atoms with Crippen LogP contribution in [0.5, 0.6) is 11.5 Å². The lowest BCUT2D eigenvalue weighted by atomic mass is 10.2. The first-order chi connectivity index (χ1) is 14.2. The molecule has 160 valence electrons. The topological polar surface area (TPSA) is 102 Å². The number of sulfonamides is 1. The molecule has 1 saturated heterocycles. The van der Waals surface area contributed by atoms with E-state index in [1.807, 2.05) is 0 Å². The van der Waals surface area contributed by atoms with Crippen molar-refractivity contribution < 1.29 is 27.5 Å². The minimum atomic E-state index is -4.22. The number of aryl methyl sites for hydroxylation is 1. The third-order valence-corrected chi connectivity index (χ3v) is 6.93. The van der Waals surface area contributed by atoms with Crippen LogP contribution in [0.1, 0.15) is 18.4 Å². The van der Waals surface area contributed by atoms with Crippen LogP contribution in [-0.4, -0.2) is 44.8 Å². The van der Waals surface area contributed by atoms with Gasteiger partial charge in [-0.05, 0) is 55.3 Å². The molecule has 1 aliphatic rings. The van der Waals surface area contributed by atoms with Crippen molar-refractivity contribution in [3.05, 3.63) is 47.0 Å². The fourth-order valence-electron chi connectivity index (χ4n) is 3.30. The van der Waals surface area contributed by atoms with Crippen LogP contribution in [0.2, 0.25) is 5.02 Å². The Morgan fingerprint density at radius 1 is 1.13 bits per heavy atom. The van der Waals surface area contributed by atoms with Crippen molar-refractivity contribution in [2.45, 2.75) is 30.7 Å². The molecule has 1 atom stereocenters. The molecule has 3 rings (SSSR count). The van der Waals surface area contributed by atoms with Crippen molar-refractivity contribution in [1.29, 1.82) is 0 Å². The molecule has 1 fully saturated rings. The SMILES string of the molecule is COc1ccc(S(=O)(=O)N2C(=O)CC[C@@H]2C(=O)Nc2ccc(OC)c(Cl)c2)cc1C. The van der Waals surface area contributed by atoms with Crippen molar-refractivity contribution in [3.8, 4) is 11.5 Å². The predicted molar refractivity (Wildman–Crippen MR) is 111 cm³/mol. The van der Waals surface area contributed by atoms with Crippen LogP contribution in [0, 0.1) is 6.92 Å². The summed E-state index contributed by atoms with van der Waals surface area (Å²) in [7, 11) is -1.28. The molecule has 0 bridgehead atoms. The molecule has 10 heteroatoms. The van der Waals surface area contributed by atoms with E-state index in [2.05, 4.69) is 5.32 Å². The number of benzene rings is 2. The Kier molecular flexibility index (Phi) is 6.23. The first kappa shape index (κ1) is 21.9. The van der Waals surface area contributed by atoms with E-state index < -0.39 is 27.9 Å². The number of carbonyl (C=O) groups excluding carboxylic acids is 2. The van der Waals surface area contributed by atoms with Crippen LogP contribution in [0.3, 0.4) is 0 Å². The highest BCUT2D eigenvalue weighted by Crippen LogP contribution is 2.31. The minimum Gasteiger partial charge on any atom is -0.496 e. The van der Waals surface area contributed by atoms with E-state index in [0.29, 0.717) is 27.1 Å². The molecule has 1 heterocycles. The zero-order valence-electron chi connectivity index (χ0n) is 16.6. The highest BCUT2D eigenvalue weighted by Gasteiger charge is 2.44. The summed E-state index contributed by atoms with van der Waals surface area (Å²) in [5.41, 5.74) is 0.960. The molecular weight excluding hydrogens is 432 g/mol. The molecule has 30 heavy (non-hydrogen) atoms. The second kappa shape index (κ2) is 8.53. The molecule has 0 saturated carbocycles. The largest absolute Gasteiger partial charge is 0.496 e. The number of rotatable bonds is 6. The lowest BCUT2D eigenvalue weighted by molar-refractivity contribution is -0.128. The fourth-order valence-corrected chi connectivity index (χ4v) is 5.24. The Balaban J connectivity index is 1.88. The molecule has 0 spiro atoms. The van der Waals surface area contributed by atoms with E-state index in [9.17, 15) is 18.0 Å². The number of hydrogen-bond acceptors (Lipinski definition) is 6. The van der Waals surface area contributed by atoms with Crippen molar-refractivity contribution in [1.82, 2.24) is 4.31 Å². The van der Waals surface area contributed by atoms with Crippen molar-refractivity contribution in [2.24, 2.45) is 0 Å². The fraction of sp³-hybridized carbons (Fsp3) is 0.300. The van der Waals surface area contributed by atoms with E-state index in [1.54, 1.807) is 19.1 Å². The molecule has 0 aromatic heterocycles. The lowest BCUT2D eigenvalue weighted by Gasteiger charge is -2.24. The van der Waals surface area contributed by atoms with Gasteiger partial charge in [0.25, 0.3) is 10.0 Å². The van der Waals surface area contributed by atoms with Gasteiger partial charge in [-0.2, -0.15) is 0 Å². The van der Waals surface area contributed by atoms with Crippen LogP contribution >= 0.6 is 11.6 Å². The normalized spacial score (nSPS) is 16.5. The second-order valence-electron chi connectivity index (χ2n) is 6.72. The zero-order chi connectivity index (χ0) is 22.1. The van der Waals surface area contributed by atoms with Gasteiger partial charge in [-0.25, -0.2) is 12.7 Å². The van der Waals surface area contributed by atoms with Gasteiger partial charge in [0.05, 0.1) is 24.1 Å². The van der Waals surface area contributed by atoms with Gasteiger partial charge >= 0.3 is 0 Å². The molecule has 0 unspecified atom stereocenters. The number of nitrogens with zero attached hydrogens (tertiary/aromatic N) is 1. The molecule has 2 aromatic rings. The summed E-state index contributed by atoms with van der Waals surface area (Å²) >= 11 is 6.07. The summed E-state index contributed by atoms with van der Waals surface area (Å²) in [4.78, 5) is 25.1. The Hall–Kier alpha value is -2.78. The van der Waals surface area contributed by atoms with Gasteiger partial charge in [-0.3, -0.25) is 9.59 Å². The summed E-state index contributed by atoms with van der Waals surface area (Å²) in [5.74, 6) is -0.288. The molecule has 1 N–H and O–H groups in total. The van der Waals surface area contributed by atoms with Crippen molar-refractivity contribution >= 4 is 39.1 Å². The van der Waals surface area contributed by atoms with E-state index >= 15 is 0 Å². The van der Waals surface area contributed by atoms with E-state index in [4.69, 9.17) is 21.1 Å². The number of amides is 2.